The van der Waals surface area contributed by atoms with Crippen molar-refractivity contribution < 1.29 is 51.7 Å². The van der Waals surface area contributed by atoms with Crippen LogP contribution in [0.5, 0.6) is 11.5 Å². The smallest absolute Gasteiger partial charge is 0.503 e. The van der Waals surface area contributed by atoms with E-state index in [4.69, 9.17) is 25.0 Å². The zero-order valence-corrected chi connectivity index (χ0v) is 47.6. The Labute approximate surface area is 435 Å². The van der Waals surface area contributed by atoms with Gasteiger partial charge in [0, 0.05) is 52.0 Å². The summed E-state index contributed by atoms with van der Waals surface area (Å²) in [6.45, 7) is 33.1. The molecule has 11 nitrogen and oxygen atoms in total. The number of rotatable bonds is 13. The summed E-state index contributed by atoms with van der Waals surface area (Å²) in [5.41, 5.74) is 5.22. The van der Waals surface area contributed by atoms with Crippen LogP contribution >= 0.6 is 0 Å². The van der Waals surface area contributed by atoms with Gasteiger partial charge in [-0.3, -0.25) is 28.9 Å². The van der Waals surface area contributed by atoms with E-state index in [9.17, 15) is 10.2 Å². The fourth-order valence-electron chi connectivity index (χ4n) is 11.1. The maximum atomic E-state index is 11.9. The number of aromatic hydroxyl groups is 2. The fraction of sp³-hybridized carbons (Fsp3) is 0.690. The Balaban J connectivity index is 0.00000208. The Hall–Kier alpha value is -3.88. The molecule has 12 heteroatoms. The third-order valence-electron chi connectivity index (χ3n) is 15.0. The number of amidine groups is 2. The van der Waals surface area contributed by atoms with Crippen LogP contribution in [0.25, 0.3) is 0 Å². The third-order valence-corrected chi connectivity index (χ3v) is 15.0. The van der Waals surface area contributed by atoms with Gasteiger partial charge < -0.3 is 27.9 Å². The van der Waals surface area contributed by atoms with E-state index in [1.54, 1.807) is 11.7 Å². The molecule has 2 aromatic rings. The van der Waals surface area contributed by atoms with Crippen LogP contribution in [0.15, 0.2) is 34.3 Å². The first-order valence-corrected chi connectivity index (χ1v) is 26.1. The fourth-order valence-corrected chi connectivity index (χ4v) is 11.1. The minimum atomic E-state index is -1.83. The SMILES string of the molecule is C[N+]1=C2C(CCCN2CCCC(N=Cc2cc(C(C)(C)C)cc(C(C)(C)C)c2O)C(CCCN2CCCC3CCC[N+](C)=C32)N=Cc2cc(C(C)(C)C)cc(C(C)(C)C)c2O)CCC1.O=C(O)O.[CH3-].[Cr]. The number of nitrogens with zero attached hydrogens (tertiary/aromatic N) is 6. The second-order valence-electron chi connectivity index (χ2n) is 24.7. The van der Waals surface area contributed by atoms with E-state index in [2.05, 4.69) is 140 Å². The largest absolute Gasteiger partial charge is 0.507 e. The number of carboxylic acid groups (broad SMARTS) is 2. The molecule has 0 spiro atoms. The van der Waals surface area contributed by atoms with Crippen LogP contribution in [0, 0.1) is 19.3 Å². The molecule has 2 saturated heterocycles. The summed E-state index contributed by atoms with van der Waals surface area (Å²) in [6.07, 6.45) is 16.2. The summed E-state index contributed by atoms with van der Waals surface area (Å²) in [5, 5.41) is 37.8. The van der Waals surface area contributed by atoms with Crippen molar-refractivity contribution in [1.29, 1.82) is 0 Å². The van der Waals surface area contributed by atoms with Crippen LogP contribution in [0.4, 0.5) is 4.79 Å². The second kappa shape index (κ2) is 25.2. The maximum absolute atomic E-state index is 11.9. The molecule has 0 saturated carbocycles. The van der Waals surface area contributed by atoms with Crippen LogP contribution in [0.3, 0.4) is 0 Å². The Bertz CT molecular complexity index is 2030. The van der Waals surface area contributed by atoms with Crippen molar-refractivity contribution in [3.05, 3.63) is 65.1 Å². The summed E-state index contributed by atoms with van der Waals surface area (Å²) in [5.74, 6) is 5.12. The van der Waals surface area contributed by atoms with E-state index >= 15 is 0 Å². The number of benzene rings is 2. The van der Waals surface area contributed by atoms with E-state index in [0.29, 0.717) is 23.3 Å². The molecule has 6 rings (SSSR count). The molecule has 70 heavy (non-hydrogen) atoms. The van der Waals surface area contributed by atoms with Crippen molar-refractivity contribution in [3.63, 3.8) is 0 Å². The van der Waals surface area contributed by atoms with E-state index in [1.165, 1.54) is 62.5 Å². The van der Waals surface area contributed by atoms with Crippen LogP contribution in [-0.2, 0) is 39.0 Å². The number of phenolic OH excluding ortho intramolecular Hbond substituents is 2. The molecule has 4 aliphatic rings. The summed E-state index contributed by atoms with van der Waals surface area (Å²) in [4.78, 5) is 25.0. The van der Waals surface area contributed by atoms with Crippen LogP contribution < -0.4 is 0 Å². The Morgan fingerprint density at radius 3 is 1.26 bits per heavy atom. The van der Waals surface area contributed by atoms with Crippen LogP contribution in [-0.4, -0.2) is 135 Å². The molecule has 0 amide bonds. The van der Waals surface area contributed by atoms with Gasteiger partial charge in [-0.05, 0) is 122 Å². The first-order chi connectivity index (χ1) is 31.7. The Morgan fingerprint density at radius 1 is 0.614 bits per heavy atom. The van der Waals surface area contributed by atoms with Gasteiger partial charge in [0.15, 0.2) is 0 Å². The maximum Gasteiger partial charge on any atom is 0.503 e. The summed E-state index contributed by atoms with van der Waals surface area (Å²) >= 11 is 0. The van der Waals surface area contributed by atoms with Gasteiger partial charge in [0.2, 0.25) is 11.7 Å². The molecule has 0 bridgehead atoms. The van der Waals surface area contributed by atoms with Crippen LogP contribution in [0.2, 0.25) is 0 Å². The molecular formula is C58H95CrN6O5+. The molecule has 4 atom stereocenters. The summed E-state index contributed by atoms with van der Waals surface area (Å²) in [6, 6.07) is 8.47. The van der Waals surface area contributed by atoms with Gasteiger partial charge in [0.25, 0.3) is 0 Å². The van der Waals surface area contributed by atoms with Gasteiger partial charge >= 0.3 is 6.16 Å². The van der Waals surface area contributed by atoms with Gasteiger partial charge in [-0.1, -0.05) is 95.2 Å². The van der Waals surface area contributed by atoms with E-state index in [-0.39, 0.29) is 58.5 Å². The molecular weight excluding hydrogens is 913 g/mol. The van der Waals surface area contributed by atoms with E-state index in [1.807, 2.05) is 12.4 Å². The molecule has 0 aliphatic carbocycles. The van der Waals surface area contributed by atoms with Crippen molar-refractivity contribution in [2.75, 3.05) is 53.4 Å². The number of hydrogen-bond donors (Lipinski definition) is 4. The number of aliphatic imine (C=N–C) groups is 2. The quantitative estimate of drug-likeness (QED) is 0.0891. The standard InChI is InChI=1S/C56H88N6O2.CH2O3.CH3.Cr/c1-53(2,3)43-33-41(49(63)45(35-43)55(7,8)9)37-57-47(25-19-31-61-29-17-23-39-21-15-27-59(13)51(39)61)48(26-20-32-62-30-18-24-40-22-16-28-60(14)52(40)62)58-38-42-34-44(54(4,5)6)36-46(50(42)64)56(10,11)12;2-1(3)4;;/h33-40,47-48H,15-32H2,1-14H3;(H2,2,3,4);1H3;/q;;-1;/p+2. The topological polar surface area (TPSA) is 135 Å². The van der Waals surface area contributed by atoms with Crippen molar-refractivity contribution in [1.82, 2.24) is 9.80 Å². The van der Waals surface area contributed by atoms with Gasteiger partial charge in [-0.25, -0.2) is 4.79 Å². The number of carbonyl (C=O) groups is 1. The summed E-state index contributed by atoms with van der Waals surface area (Å²) in [7, 11) is 4.59. The first kappa shape index (κ1) is 60.4. The summed E-state index contributed by atoms with van der Waals surface area (Å²) < 4.78 is 5.07. The molecule has 4 aliphatic heterocycles. The molecule has 4 heterocycles. The number of piperidine rings is 2. The number of hydrogen-bond acceptors (Lipinski definition) is 7. The van der Waals surface area contributed by atoms with Gasteiger partial charge in [0.05, 0.1) is 77.3 Å². The molecule has 0 radical (unpaired) electrons. The van der Waals surface area contributed by atoms with E-state index in [0.717, 1.165) is 87.2 Å². The van der Waals surface area contributed by atoms with Crippen LogP contribution in [0.1, 0.15) is 194 Å². The monoisotopic (exact) mass is 1010 g/mol. The van der Waals surface area contributed by atoms with E-state index < -0.39 is 6.16 Å². The van der Waals surface area contributed by atoms with Crippen molar-refractivity contribution in [3.8, 4) is 11.5 Å². The minimum absolute atomic E-state index is 0. The normalized spacial score (nSPS) is 20.0. The molecule has 2 fully saturated rings. The predicted octanol–water partition coefficient (Wildman–Crippen LogP) is 11.9. The van der Waals surface area contributed by atoms with Gasteiger partial charge in [-0.2, -0.15) is 0 Å². The molecule has 0 aromatic heterocycles. The van der Waals surface area contributed by atoms with Gasteiger partial charge in [0.1, 0.15) is 11.5 Å². The Kier molecular flexibility index (Phi) is 21.7. The van der Waals surface area contributed by atoms with Crippen molar-refractivity contribution in [2.45, 2.75) is 194 Å². The average molecular weight is 1010 g/mol. The van der Waals surface area contributed by atoms with Crippen molar-refractivity contribution in [2.24, 2.45) is 21.8 Å². The number of likely N-dealkylation sites (tertiary alicyclic amines) is 2. The van der Waals surface area contributed by atoms with Gasteiger partial charge in [-0.15, -0.1) is 0 Å². The predicted molar refractivity (Wildman–Crippen MR) is 288 cm³/mol. The molecule has 4 unspecified atom stereocenters. The molecule has 2 aromatic carbocycles. The second-order valence-corrected chi connectivity index (χ2v) is 24.7. The Morgan fingerprint density at radius 2 is 0.943 bits per heavy atom. The average Bonchev–Trinajstić information content (AvgIpc) is 3.22. The zero-order valence-electron chi connectivity index (χ0n) is 46.3. The number of phenols is 2. The third kappa shape index (κ3) is 16.1. The minimum Gasteiger partial charge on any atom is -0.507 e. The number of fused-ring (bicyclic) bond motifs is 2. The molecule has 4 N–H and O–H groups in total. The molecule has 392 valence electrons. The first-order valence-electron chi connectivity index (χ1n) is 26.1. The zero-order chi connectivity index (χ0) is 50.4. The van der Waals surface area contributed by atoms with Crippen molar-refractivity contribution >= 4 is 30.3 Å².